The molecule has 4 aliphatic carbocycles. The predicted molar refractivity (Wildman–Crippen MR) is 149 cm³/mol. The maximum absolute atomic E-state index is 12.3. The van der Waals surface area contributed by atoms with Gasteiger partial charge in [0.1, 0.15) is 0 Å². The van der Waals surface area contributed by atoms with Gasteiger partial charge in [0.25, 0.3) is 10.1 Å². The molecule has 0 spiro atoms. The van der Waals surface area contributed by atoms with E-state index in [1.165, 1.54) is 51.4 Å². The Hall–Kier alpha value is 1.21. The van der Waals surface area contributed by atoms with Crippen molar-refractivity contribution >= 4 is 26.4 Å². The van der Waals surface area contributed by atoms with Crippen LogP contribution in [0.25, 0.3) is 0 Å². The monoisotopic (exact) mass is 653 g/mol. The molecule has 42 heavy (non-hydrogen) atoms. The molecular formula is C28H49NNa2O9S2. The van der Waals surface area contributed by atoms with Gasteiger partial charge in [-0.1, -0.05) is 47.0 Å². The SMILES string of the molecule is CC[C@H]1[C@@H](O)[C@@H]2[C@H](CC[C@]3(C)[C@@H]([C@H](C)CCC(=O)NCCS(=O)(=O)O)CC[C@@H]23)[C@@]2(C)CCCC[C@@H]12.O=S(=O)([O-])[O-].[Na+].[Na+]. The molecule has 4 rings (SSSR count). The Balaban J connectivity index is 0.00000116. The predicted octanol–water partition coefficient (Wildman–Crippen LogP) is -2.27. The van der Waals surface area contributed by atoms with Gasteiger partial charge in [-0.25, -0.2) is 0 Å². The molecule has 0 aromatic carbocycles. The Kier molecular flexibility index (Phi) is 16.1. The fourth-order valence-electron chi connectivity index (χ4n) is 9.98. The zero-order valence-corrected chi connectivity index (χ0v) is 32.0. The van der Waals surface area contributed by atoms with Gasteiger partial charge in [-0.3, -0.25) is 17.8 Å². The van der Waals surface area contributed by atoms with Crippen LogP contribution < -0.4 is 64.4 Å². The van der Waals surface area contributed by atoms with E-state index < -0.39 is 26.3 Å². The zero-order chi connectivity index (χ0) is 30.1. The van der Waals surface area contributed by atoms with Crippen molar-refractivity contribution in [1.29, 1.82) is 0 Å². The molecule has 4 aliphatic rings. The number of nitrogens with one attached hydrogen (secondary N) is 1. The first-order valence-electron chi connectivity index (χ1n) is 15.0. The van der Waals surface area contributed by atoms with Crippen molar-refractivity contribution in [3.8, 4) is 0 Å². The van der Waals surface area contributed by atoms with E-state index in [0.29, 0.717) is 53.3 Å². The molecule has 234 valence electrons. The third-order valence-electron chi connectivity index (χ3n) is 11.6. The maximum Gasteiger partial charge on any atom is 1.00 e. The van der Waals surface area contributed by atoms with E-state index in [2.05, 4.69) is 33.0 Å². The van der Waals surface area contributed by atoms with Crippen molar-refractivity contribution < 1.29 is 99.5 Å². The molecule has 0 bridgehead atoms. The molecule has 10 nitrogen and oxygen atoms in total. The van der Waals surface area contributed by atoms with Gasteiger partial charge in [-0.05, 0) is 97.2 Å². The third-order valence-corrected chi connectivity index (χ3v) is 12.3. The third kappa shape index (κ3) is 9.86. The molecule has 0 unspecified atom stereocenters. The molecule has 0 heterocycles. The minimum atomic E-state index is -5.17. The number of hydrogen-bond donors (Lipinski definition) is 3. The van der Waals surface area contributed by atoms with Gasteiger partial charge in [0.2, 0.25) is 5.91 Å². The molecule has 0 aromatic heterocycles. The molecule has 1 amide bonds. The van der Waals surface area contributed by atoms with Crippen LogP contribution in [0.15, 0.2) is 0 Å². The second-order valence-corrected chi connectivity index (χ2v) is 15.9. The van der Waals surface area contributed by atoms with Crippen molar-refractivity contribution in [2.75, 3.05) is 12.3 Å². The summed E-state index contributed by atoms with van der Waals surface area (Å²) in [7, 11) is -9.22. The molecule has 0 aliphatic heterocycles. The first-order chi connectivity index (χ1) is 18.4. The van der Waals surface area contributed by atoms with Gasteiger partial charge in [-0.15, -0.1) is 0 Å². The van der Waals surface area contributed by atoms with E-state index in [1.807, 2.05) is 0 Å². The average Bonchev–Trinajstić information content (AvgIpc) is 3.18. The number of aliphatic hydroxyl groups is 1. The number of rotatable bonds is 8. The number of carbonyl (C=O) groups excluding carboxylic acids is 1. The normalized spacial score (nSPS) is 38.1. The number of fused-ring (bicyclic) bond motifs is 5. The van der Waals surface area contributed by atoms with Gasteiger partial charge in [0.05, 0.1) is 11.9 Å². The Labute approximate surface area is 297 Å². The Morgan fingerprint density at radius 3 is 2.12 bits per heavy atom. The maximum atomic E-state index is 12.3. The fourth-order valence-corrected chi connectivity index (χ4v) is 10.3. The molecule has 0 saturated heterocycles. The van der Waals surface area contributed by atoms with Crippen molar-refractivity contribution in [1.82, 2.24) is 5.32 Å². The summed E-state index contributed by atoms with van der Waals surface area (Å²) < 4.78 is 64.7. The largest absolute Gasteiger partial charge is 1.00 e. The van der Waals surface area contributed by atoms with Crippen molar-refractivity contribution in [2.24, 2.45) is 52.3 Å². The smallest absolute Gasteiger partial charge is 0.759 e. The fraction of sp³-hybridized carbons (Fsp3) is 0.964. The minimum absolute atomic E-state index is 0. The van der Waals surface area contributed by atoms with Crippen molar-refractivity contribution in [3.05, 3.63) is 0 Å². The molecule has 10 atom stereocenters. The molecule has 0 aromatic rings. The van der Waals surface area contributed by atoms with E-state index in [4.69, 9.17) is 22.1 Å². The molecule has 4 fully saturated rings. The molecule has 3 N–H and O–H groups in total. The first kappa shape index (κ1) is 41.2. The standard InChI is InChI=1S/C28H49NO5S.2Na.H2O4S/c1-5-19-21-8-6-7-14-27(21,3)23-13-15-28(4)20(10-11-22(28)25(23)26(19)31)18(2)9-12-24(30)29-16-17-35(32,33)34;;;1-5(2,3)4/h18-23,25-26,31H,5-17H2,1-4H3,(H,29,30)(H,32,33,34);;;(H2,1,2,3,4)/q;2*+1;/p-2/t18-,19-,20-,21+,22+,23+,25+,26-,27+,28-;;;/m1.../s1. The van der Waals surface area contributed by atoms with Gasteiger partial charge < -0.3 is 19.5 Å². The number of aliphatic hydroxyl groups excluding tert-OH is 1. The summed E-state index contributed by atoms with van der Waals surface area (Å²) in [6.45, 7) is 9.57. The Morgan fingerprint density at radius 1 is 0.952 bits per heavy atom. The topological polar surface area (TPSA) is 184 Å². The van der Waals surface area contributed by atoms with Crippen LogP contribution in [0, 0.1) is 52.3 Å². The summed E-state index contributed by atoms with van der Waals surface area (Å²) >= 11 is 0. The Bertz CT molecular complexity index is 1100. The van der Waals surface area contributed by atoms with E-state index in [-0.39, 0.29) is 83.1 Å². The number of carbonyl (C=O) groups is 1. The first-order valence-corrected chi connectivity index (χ1v) is 17.9. The average molecular weight is 654 g/mol. The Morgan fingerprint density at radius 2 is 1.55 bits per heavy atom. The van der Waals surface area contributed by atoms with Gasteiger partial charge in [-0.2, -0.15) is 8.42 Å². The van der Waals surface area contributed by atoms with Crippen LogP contribution in [-0.4, -0.2) is 59.9 Å². The summed E-state index contributed by atoms with van der Waals surface area (Å²) in [6, 6.07) is 0. The van der Waals surface area contributed by atoms with Crippen LogP contribution in [0.4, 0.5) is 0 Å². The van der Waals surface area contributed by atoms with Crippen LogP contribution in [0.3, 0.4) is 0 Å². The van der Waals surface area contributed by atoms with E-state index in [9.17, 15) is 18.3 Å². The van der Waals surface area contributed by atoms with E-state index >= 15 is 0 Å². The second kappa shape index (κ2) is 16.4. The van der Waals surface area contributed by atoms with E-state index in [0.717, 1.165) is 12.8 Å². The van der Waals surface area contributed by atoms with Crippen LogP contribution in [0.5, 0.6) is 0 Å². The molecular weight excluding hydrogens is 604 g/mol. The van der Waals surface area contributed by atoms with Gasteiger partial charge >= 0.3 is 59.1 Å². The second-order valence-electron chi connectivity index (χ2n) is 13.5. The summed E-state index contributed by atoms with van der Waals surface area (Å²) in [5.74, 6) is 3.13. The van der Waals surface area contributed by atoms with Crippen LogP contribution >= 0.6 is 0 Å². The van der Waals surface area contributed by atoms with Crippen molar-refractivity contribution in [2.45, 2.75) is 104 Å². The van der Waals surface area contributed by atoms with Crippen LogP contribution in [0.1, 0.15) is 98.3 Å². The van der Waals surface area contributed by atoms with Crippen LogP contribution in [-0.2, 0) is 25.3 Å². The van der Waals surface area contributed by atoms with Crippen molar-refractivity contribution in [3.63, 3.8) is 0 Å². The summed E-state index contributed by atoms with van der Waals surface area (Å²) in [5.41, 5.74) is 0.604. The molecule has 0 radical (unpaired) electrons. The summed E-state index contributed by atoms with van der Waals surface area (Å²) in [5, 5.41) is 14.4. The molecule has 14 heteroatoms. The summed E-state index contributed by atoms with van der Waals surface area (Å²) in [4.78, 5) is 12.3. The zero-order valence-electron chi connectivity index (χ0n) is 26.4. The number of amides is 1. The quantitative estimate of drug-likeness (QED) is 0.148. The van der Waals surface area contributed by atoms with E-state index in [1.54, 1.807) is 0 Å². The summed E-state index contributed by atoms with van der Waals surface area (Å²) in [6.07, 6.45) is 12.2. The minimum Gasteiger partial charge on any atom is -0.759 e. The number of hydrogen-bond acceptors (Lipinski definition) is 8. The van der Waals surface area contributed by atoms with Gasteiger partial charge in [0.15, 0.2) is 0 Å². The molecule has 4 saturated carbocycles. The van der Waals surface area contributed by atoms with Crippen LogP contribution in [0.2, 0.25) is 0 Å². The van der Waals surface area contributed by atoms with Gasteiger partial charge in [0, 0.05) is 23.4 Å².